The molecule has 2 aromatic heterocycles. The van der Waals surface area contributed by atoms with Crippen LogP contribution < -0.4 is 10.1 Å². The van der Waals surface area contributed by atoms with E-state index in [0.717, 1.165) is 6.07 Å². The van der Waals surface area contributed by atoms with Crippen LogP contribution in [-0.2, 0) is 11.2 Å². The van der Waals surface area contributed by atoms with Crippen LogP contribution in [0.1, 0.15) is 26.7 Å². The predicted octanol–water partition coefficient (Wildman–Crippen LogP) is 4.14. The number of rotatable bonds is 7. The Labute approximate surface area is 188 Å². The van der Waals surface area contributed by atoms with Crippen molar-refractivity contribution in [3.05, 3.63) is 53.3 Å². The number of aromatic nitrogens is 3. The van der Waals surface area contributed by atoms with Crippen molar-refractivity contribution in [3.8, 4) is 23.0 Å². The Morgan fingerprint density at radius 3 is 2.66 bits per heavy atom. The van der Waals surface area contributed by atoms with Crippen molar-refractivity contribution in [2.45, 2.75) is 38.8 Å². The minimum atomic E-state index is -0.844. The third kappa shape index (κ3) is 6.63. The first-order chi connectivity index (χ1) is 15.1. The molecule has 32 heavy (non-hydrogen) atoms. The number of hydrogen-bond donors (Lipinski definition) is 2. The standard InChI is InChI=1S/C21H22ClFN4O5/c1-21(2,3)26-20(29)31-15(11-28)9-17-25-18(27-32-17)12-4-6-14(7-5-12)30-19-16(23)8-13(22)10-24-19/h4-8,10,15,28H,9,11H2,1-3H3,(H,26,29)/t15-/m0/s1. The van der Waals surface area contributed by atoms with Crippen LogP contribution in [0.3, 0.4) is 0 Å². The molecular formula is C21H22ClFN4O5. The number of ether oxygens (including phenoxy) is 2. The summed E-state index contributed by atoms with van der Waals surface area (Å²) in [4.78, 5) is 20.0. The molecule has 0 radical (unpaired) electrons. The first-order valence-corrected chi connectivity index (χ1v) is 10.0. The molecule has 0 saturated carbocycles. The van der Waals surface area contributed by atoms with Gasteiger partial charge in [-0.15, -0.1) is 0 Å². The fraction of sp³-hybridized carbons (Fsp3) is 0.333. The van der Waals surface area contributed by atoms with Gasteiger partial charge in [0.25, 0.3) is 5.88 Å². The number of pyridine rings is 1. The van der Waals surface area contributed by atoms with Crippen LogP contribution in [0, 0.1) is 5.82 Å². The Hall–Kier alpha value is -3.24. The van der Waals surface area contributed by atoms with E-state index in [2.05, 4.69) is 20.4 Å². The van der Waals surface area contributed by atoms with Crippen molar-refractivity contribution >= 4 is 17.7 Å². The maximum Gasteiger partial charge on any atom is 0.407 e. The van der Waals surface area contributed by atoms with Crippen molar-refractivity contribution < 1.29 is 28.3 Å². The zero-order valence-corrected chi connectivity index (χ0v) is 18.4. The lowest BCUT2D eigenvalue weighted by Gasteiger charge is -2.22. The largest absolute Gasteiger partial charge is 0.443 e. The first-order valence-electron chi connectivity index (χ1n) is 9.64. The molecule has 1 aromatic carbocycles. The highest BCUT2D eigenvalue weighted by molar-refractivity contribution is 6.30. The monoisotopic (exact) mass is 464 g/mol. The van der Waals surface area contributed by atoms with E-state index < -0.39 is 30.2 Å². The minimum Gasteiger partial charge on any atom is -0.443 e. The summed E-state index contributed by atoms with van der Waals surface area (Å²) < 4.78 is 29.6. The van der Waals surface area contributed by atoms with Gasteiger partial charge in [0.1, 0.15) is 11.9 Å². The number of carbonyl (C=O) groups is 1. The van der Waals surface area contributed by atoms with Crippen molar-refractivity contribution in [3.63, 3.8) is 0 Å². The predicted molar refractivity (Wildman–Crippen MR) is 113 cm³/mol. The summed E-state index contributed by atoms with van der Waals surface area (Å²) in [5.74, 6) is -0.0471. The highest BCUT2D eigenvalue weighted by Crippen LogP contribution is 2.26. The van der Waals surface area contributed by atoms with Gasteiger partial charge in [0.2, 0.25) is 11.7 Å². The smallest absolute Gasteiger partial charge is 0.407 e. The third-order valence-electron chi connectivity index (χ3n) is 3.93. The highest BCUT2D eigenvalue weighted by Gasteiger charge is 2.21. The highest BCUT2D eigenvalue weighted by atomic mass is 35.5. The number of alkyl carbamates (subject to hydrolysis) is 1. The number of aliphatic hydroxyl groups is 1. The Morgan fingerprint density at radius 2 is 2.03 bits per heavy atom. The number of aliphatic hydroxyl groups excluding tert-OH is 1. The summed E-state index contributed by atoms with van der Waals surface area (Å²) in [6, 6.07) is 7.62. The van der Waals surface area contributed by atoms with Gasteiger partial charge >= 0.3 is 6.09 Å². The van der Waals surface area contributed by atoms with Crippen LogP contribution >= 0.6 is 11.6 Å². The van der Waals surface area contributed by atoms with Crippen LogP contribution in [0.25, 0.3) is 11.4 Å². The molecule has 9 nitrogen and oxygen atoms in total. The van der Waals surface area contributed by atoms with E-state index in [1.165, 1.54) is 6.20 Å². The summed E-state index contributed by atoms with van der Waals surface area (Å²) in [7, 11) is 0. The van der Waals surface area contributed by atoms with Gasteiger partial charge in [0, 0.05) is 17.3 Å². The van der Waals surface area contributed by atoms with Crippen LogP contribution in [-0.4, -0.2) is 44.6 Å². The van der Waals surface area contributed by atoms with E-state index in [4.69, 9.17) is 25.6 Å². The molecule has 2 heterocycles. The number of halogens is 2. The van der Waals surface area contributed by atoms with E-state index in [1.807, 2.05) is 20.8 Å². The Bertz CT molecular complexity index is 1070. The molecule has 11 heteroatoms. The number of benzene rings is 1. The number of carbonyl (C=O) groups excluding carboxylic acids is 1. The van der Waals surface area contributed by atoms with E-state index >= 15 is 0 Å². The van der Waals surface area contributed by atoms with Gasteiger partial charge < -0.3 is 24.4 Å². The molecule has 3 rings (SSSR count). The van der Waals surface area contributed by atoms with Gasteiger partial charge in [-0.3, -0.25) is 0 Å². The number of hydrogen-bond acceptors (Lipinski definition) is 8. The second-order valence-electron chi connectivity index (χ2n) is 7.87. The number of nitrogens with one attached hydrogen (secondary N) is 1. The number of amides is 1. The third-order valence-corrected chi connectivity index (χ3v) is 4.13. The molecule has 1 amide bonds. The minimum absolute atomic E-state index is 0.0454. The van der Waals surface area contributed by atoms with Gasteiger partial charge in [0.15, 0.2) is 5.82 Å². The molecule has 0 unspecified atom stereocenters. The van der Waals surface area contributed by atoms with Gasteiger partial charge in [-0.2, -0.15) is 4.98 Å². The normalized spacial score (nSPS) is 12.3. The number of nitrogens with zero attached hydrogens (tertiary/aromatic N) is 3. The Morgan fingerprint density at radius 1 is 1.31 bits per heavy atom. The summed E-state index contributed by atoms with van der Waals surface area (Å²) in [6.45, 7) is 5.03. The topological polar surface area (TPSA) is 120 Å². The molecule has 0 aliphatic carbocycles. The fourth-order valence-corrected chi connectivity index (χ4v) is 2.69. The zero-order chi connectivity index (χ0) is 23.3. The summed E-state index contributed by atoms with van der Waals surface area (Å²) >= 11 is 5.68. The fourth-order valence-electron chi connectivity index (χ4n) is 2.54. The molecule has 0 saturated heterocycles. The maximum atomic E-state index is 13.8. The van der Waals surface area contributed by atoms with Crippen LogP contribution in [0.2, 0.25) is 5.02 Å². The molecule has 0 bridgehead atoms. The average Bonchev–Trinajstić information content (AvgIpc) is 3.17. The quantitative estimate of drug-likeness (QED) is 0.535. The summed E-state index contributed by atoms with van der Waals surface area (Å²) in [6.07, 6.45) is -0.170. The molecule has 0 aliphatic rings. The summed E-state index contributed by atoms with van der Waals surface area (Å²) in [5.41, 5.74) is 0.142. The molecule has 0 aliphatic heterocycles. The van der Waals surface area contributed by atoms with Crippen molar-refractivity contribution in [2.75, 3.05) is 6.61 Å². The van der Waals surface area contributed by atoms with Crippen LogP contribution in [0.4, 0.5) is 9.18 Å². The van der Waals surface area contributed by atoms with E-state index in [-0.39, 0.29) is 29.0 Å². The van der Waals surface area contributed by atoms with E-state index in [9.17, 15) is 14.3 Å². The van der Waals surface area contributed by atoms with Gasteiger partial charge in [-0.05, 0) is 51.1 Å². The molecular weight excluding hydrogens is 443 g/mol. The van der Waals surface area contributed by atoms with Crippen molar-refractivity contribution in [1.82, 2.24) is 20.4 Å². The zero-order valence-electron chi connectivity index (χ0n) is 17.6. The summed E-state index contributed by atoms with van der Waals surface area (Å²) in [5, 5.41) is 16.2. The molecule has 3 aromatic rings. The van der Waals surface area contributed by atoms with E-state index in [1.54, 1.807) is 24.3 Å². The lowest BCUT2D eigenvalue weighted by molar-refractivity contribution is 0.0496. The average molecular weight is 465 g/mol. The molecule has 0 fully saturated rings. The van der Waals surface area contributed by atoms with E-state index in [0.29, 0.717) is 11.3 Å². The van der Waals surface area contributed by atoms with Crippen LogP contribution in [0.5, 0.6) is 11.6 Å². The second kappa shape index (κ2) is 9.92. The maximum absolute atomic E-state index is 13.8. The molecule has 2 N–H and O–H groups in total. The van der Waals surface area contributed by atoms with Gasteiger partial charge in [0.05, 0.1) is 18.1 Å². The molecule has 170 valence electrons. The second-order valence-corrected chi connectivity index (χ2v) is 8.30. The lowest BCUT2D eigenvalue weighted by Crippen LogP contribution is -2.43. The van der Waals surface area contributed by atoms with Crippen LogP contribution in [0.15, 0.2) is 41.1 Å². The first kappa shape index (κ1) is 23.4. The Balaban J connectivity index is 1.62. The van der Waals surface area contributed by atoms with Gasteiger partial charge in [-0.25, -0.2) is 14.2 Å². The van der Waals surface area contributed by atoms with Gasteiger partial charge in [-0.1, -0.05) is 16.8 Å². The Kier molecular flexibility index (Phi) is 7.26. The SMILES string of the molecule is CC(C)(C)NC(=O)O[C@H](CO)Cc1nc(-c2ccc(Oc3ncc(Cl)cc3F)cc2)no1. The lowest BCUT2D eigenvalue weighted by atomic mass is 10.1. The van der Waals surface area contributed by atoms with Crippen molar-refractivity contribution in [1.29, 1.82) is 0 Å². The molecule has 1 atom stereocenters. The van der Waals surface area contributed by atoms with Crippen molar-refractivity contribution in [2.24, 2.45) is 0 Å². The molecule has 0 spiro atoms.